The molecule has 0 radical (unpaired) electrons. The Morgan fingerprint density at radius 1 is 0.922 bits per heavy atom. The third-order valence-corrected chi connectivity index (χ3v) is 11.0. The molecule has 2 saturated heterocycles. The number of aliphatic hydroxyl groups is 1. The van der Waals surface area contributed by atoms with Crippen LogP contribution < -0.4 is 4.90 Å². The van der Waals surface area contributed by atoms with Gasteiger partial charge in [0, 0.05) is 30.7 Å². The van der Waals surface area contributed by atoms with Crippen LogP contribution in [0.3, 0.4) is 0 Å². The molecule has 4 aliphatic heterocycles. The molecule has 1 spiro atoms. The van der Waals surface area contributed by atoms with E-state index in [2.05, 4.69) is 0 Å². The van der Waals surface area contributed by atoms with Crippen molar-refractivity contribution in [3.05, 3.63) is 125 Å². The van der Waals surface area contributed by atoms with Crippen LogP contribution in [0.4, 0.5) is 5.69 Å². The van der Waals surface area contributed by atoms with Gasteiger partial charge in [0.1, 0.15) is 23.7 Å². The first-order chi connectivity index (χ1) is 24.7. The predicted octanol–water partition coefficient (Wildman–Crippen LogP) is 5.04. The maximum absolute atomic E-state index is 15.2. The lowest BCUT2D eigenvalue weighted by Crippen LogP contribution is -2.57. The number of nitrogens with zero attached hydrogens (tertiary/aromatic N) is 3. The number of ether oxygens (including phenoxy) is 2. The molecule has 10 nitrogen and oxygen atoms in total. The van der Waals surface area contributed by atoms with Gasteiger partial charge >= 0.3 is 5.97 Å². The van der Waals surface area contributed by atoms with E-state index in [1.54, 1.807) is 77.5 Å². The first kappa shape index (κ1) is 34.7. The minimum Gasteiger partial charge on any atom is -0.455 e. The highest BCUT2D eigenvalue weighted by Crippen LogP contribution is 2.57. The molecule has 3 aromatic rings. The van der Waals surface area contributed by atoms with Crippen LogP contribution in [0, 0.1) is 11.8 Å². The van der Waals surface area contributed by atoms with E-state index in [0.29, 0.717) is 28.3 Å². The summed E-state index contributed by atoms with van der Waals surface area (Å²) in [6, 6.07) is 22.3. The SMILES string of the molecule is C[C@@H]1[C@@H](c2ccccc2)OC(=O)[C@@H]2[C@@H]3C=C[C@]4(O3)[C@H](C(=O)N(c3ccc(Cl)cc3)C/C=C\CCC(=O)N1C)N([C@H](CO)c1ccccc1)C(=O)[C@@H]24. The highest BCUT2D eigenvalue weighted by molar-refractivity contribution is 6.30. The highest BCUT2D eigenvalue weighted by Gasteiger charge is 2.74. The number of allylic oxidation sites excluding steroid dienone is 1. The van der Waals surface area contributed by atoms with Crippen molar-refractivity contribution in [3.8, 4) is 0 Å². The summed E-state index contributed by atoms with van der Waals surface area (Å²) in [5.41, 5.74) is 0.335. The van der Waals surface area contributed by atoms with E-state index in [0.717, 1.165) is 0 Å². The largest absolute Gasteiger partial charge is 0.455 e. The minimum absolute atomic E-state index is 0.115. The molecule has 264 valence electrons. The summed E-state index contributed by atoms with van der Waals surface area (Å²) < 4.78 is 12.9. The number of carbonyl (C=O) groups is 4. The van der Waals surface area contributed by atoms with Crippen molar-refractivity contribution in [2.24, 2.45) is 11.8 Å². The predicted molar refractivity (Wildman–Crippen MR) is 190 cm³/mol. The Morgan fingerprint density at radius 2 is 1.61 bits per heavy atom. The number of esters is 1. The Labute approximate surface area is 301 Å². The second-order valence-electron chi connectivity index (χ2n) is 13.5. The summed E-state index contributed by atoms with van der Waals surface area (Å²) in [6.07, 6.45) is 6.07. The summed E-state index contributed by atoms with van der Waals surface area (Å²) in [5.74, 6) is -3.95. The molecular weight excluding hydrogens is 670 g/mol. The van der Waals surface area contributed by atoms with Crippen molar-refractivity contribution in [2.45, 2.75) is 55.7 Å². The molecule has 7 rings (SSSR count). The number of amides is 3. The van der Waals surface area contributed by atoms with Gasteiger partial charge in [-0.3, -0.25) is 19.2 Å². The second kappa shape index (κ2) is 14.1. The molecule has 2 fully saturated rings. The molecule has 0 unspecified atom stereocenters. The Bertz CT molecular complexity index is 1850. The Balaban J connectivity index is 1.38. The third kappa shape index (κ3) is 6.05. The van der Waals surface area contributed by atoms with Gasteiger partial charge in [-0.25, -0.2) is 0 Å². The van der Waals surface area contributed by atoms with Crippen molar-refractivity contribution in [3.63, 3.8) is 0 Å². The van der Waals surface area contributed by atoms with E-state index in [-0.39, 0.29) is 18.9 Å². The molecule has 51 heavy (non-hydrogen) atoms. The van der Waals surface area contributed by atoms with Gasteiger partial charge < -0.3 is 29.3 Å². The number of benzene rings is 3. The van der Waals surface area contributed by atoms with Crippen LogP contribution in [0.15, 0.2) is 109 Å². The molecule has 4 heterocycles. The van der Waals surface area contributed by atoms with E-state index < -0.39 is 72.2 Å². The fourth-order valence-corrected chi connectivity index (χ4v) is 8.14. The zero-order valence-electron chi connectivity index (χ0n) is 28.4. The topological polar surface area (TPSA) is 117 Å². The van der Waals surface area contributed by atoms with Crippen LogP contribution in [0.25, 0.3) is 0 Å². The standard InChI is InChI=1S/C40H40ClN3O7/c1-25-35(27-14-8-4-9-15-27)50-39(49)33-31-21-22-40(51-31)34(33)37(47)44(30(24-45)26-12-6-3-7-13-26)36(40)38(48)43(29-19-17-28(41)18-20-29)23-11-5-10-16-32(46)42(25)2/h3-9,11-15,17-22,25,30-31,33-36,45H,10,16,23-24H2,1-2H3/b11-5-/t25-,30-,31+,33-,34-,35+,36+,40-/m1/s1. The van der Waals surface area contributed by atoms with E-state index >= 15 is 4.79 Å². The van der Waals surface area contributed by atoms with E-state index in [1.165, 1.54) is 4.90 Å². The summed E-state index contributed by atoms with van der Waals surface area (Å²) in [4.78, 5) is 62.5. The van der Waals surface area contributed by atoms with Gasteiger partial charge in [-0.05, 0) is 48.7 Å². The molecule has 11 heteroatoms. The average molecular weight is 710 g/mol. The van der Waals surface area contributed by atoms with Gasteiger partial charge in [0.2, 0.25) is 11.8 Å². The van der Waals surface area contributed by atoms with Crippen LogP contribution in [0.5, 0.6) is 0 Å². The number of hydrogen-bond donors (Lipinski definition) is 1. The lowest BCUT2D eigenvalue weighted by Gasteiger charge is -2.39. The molecule has 0 saturated carbocycles. The summed E-state index contributed by atoms with van der Waals surface area (Å²) in [5, 5.41) is 11.4. The fourth-order valence-electron chi connectivity index (χ4n) is 8.02. The third-order valence-electron chi connectivity index (χ3n) is 10.7. The van der Waals surface area contributed by atoms with Gasteiger partial charge in [0.25, 0.3) is 5.91 Å². The smallest absolute Gasteiger partial charge is 0.313 e. The molecule has 5 bridgehead atoms. The van der Waals surface area contributed by atoms with Crippen molar-refractivity contribution >= 4 is 41.0 Å². The number of aliphatic hydroxyl groups excluding tert-OH is 1. The molecule has 8 atom stereocenters. The Hall–Kier alpha value is -4.77. The summed E-state index contributed by atoms with van der Waals surface area (Å²) >= 11 is 6.23. The number of hydrogen-bond acceptors (Lipinski definition) is 7. The number of cyclic esters (lactones) is 1. The molecule has 1 N–H and O–H groups in total. The number of anilines is 1. The zero-order chi connectivity index (χ0) is 35.9. The maximum Gasteiger partial charge on any atom is 0.313 e. The second-order valence-corrected chi connectivity index (χ2v) is 13.9. The lowest BCUT2D eigenvalue weighted by molar-refractivity contribution is -0.164. The first-order valence-electron chi connectivity index (χ1n) is 17.2. The Kier molecular flexibility index (Phi) is 9.58. The van der Waals surface area contributed by atoms with Crippen LogP contribution in [-0.4, -0.2) is 82.6 Å². The quantitative estimate of drug-likeness (QED) is 0.292. The van der Waals surface area contributed by atoms with Crippen LogP contribution in [0.2, 0.25) is 5.02 Å². The van der Waals surface area contributed by atoms with Crippen molar-refractivity contribution in [1.82, 2.24) is 9.80 Å². The number of fused-ring (bicyclic) bond motifs is 2. The highest BCUT2D eigenvalue weighted by atomic mass is 35.5. The fraction of sp³-hybridized carbons (Fsp3) is 0.350. The minimum atomic E-state index is -1.52. The van der Waals surface area contributed by atoms with Crippen LogP contribution in [-0.2, 0) is 28.7 Å². The van der Waals surface area contributed by atoms with Gasteiger partial charge in [0.05, 0.1) is 30.7 Å². The molecule has 0 aliphatic carbocycles. The number of likely N-dealkylation sites (N-methyl/N-ethyl adjacent to an activating group) is 1. The molecule has 3 amide bonds. The number of rotatable bonds is 5. The number of carbonyl (C=O) groups excluding carboxylic acids is 4. The van der Waals surface area contributed by atoms with Gasteiger partial charge in [-0.2, -0.15) is 0 Å². The van der Waals surface area contributed by atoms with Gasteiger partial charge in [-0.15, -0.1) is 0 Å². The van der Waals surface area contributed by atoms with E-state index in [9.17, 15) is 19.5 Å². The van der Waals surface area contributed by atoms with Crippen LogP contribution in [0.1, 0.15) is 43.0 Å². The molecule has 0 aromatic heterocycles. The zero-order valence-corrected chi connectivity index (χ0v) is 29.1. The molecule has 3 aromatic carbocycles. The van der Waals surface area contributed by atoms with Crippen LogP contribution >= 0.6 is 11.6 Å². The normalized spacial score (nSPS) is 30.8. The van der Waals surface area contributed by atoms with Crippen molar-refractivity contribution in [1.29, 1.82) is 0 Å². The first-order valence-corrected chi connectivity index (χ1v) is 17.6. The number of likely N-dealkylation sites (tertiary alicyclic amines) is 1. The van der Waals surface area contributed by atoms with Gasteiger partial charge in [-0.1, -0.05) is 96.6 Å². The van der Waals surface area contributed by atoms with E-state index in [1.807, 2.05) is 55.5 Å². The van der Waals surface area contributed by atoms with Gasteiger partial charge in [0.15, 0.2) is 0 Å². The summed E-state index contributed by atoms with van der Waals surface area (Å²) in [6.45, 7) is 1.47. The maximum atomic E-state index is 15.2. The number of halogens is 1. The Morgan fingerprint density at radius 3 is 2.29 bits per heavy atom. The van der Waals surface area contributed by atoms with Crippen molar-refractivity contribution in [2.75, 3.05) is 25.1 Å². The molecule has 4 aliphatic rings. The van der Waals surface area contributed by atoms with E-state index in [4.69, 9.17) is 21.1 Å². The molecular formula is C40H40ClN3O7. The monoisotopic (exact) mass is 709 g/mol. The lowest BCUT2D eigenvalue weighted by atomic mass is 9.74. The summed E-state index contributed by atoms with van der Waals surface area (Å²) in [7, 11) is 1.69. The average Bonchev–Trinajstić information content (AvgIpc) is 3.80. The van der Waals surface area contributed by atoms with Crippen molar-refractivity contribution < 1.29 is 33.8 Å².